The third-order valence-corrected chi connectivity index (χ3v) is 5.43. The smallest absolute Gasteiger partial charge is 0.225 e. The van der Waals surface area contributed by atoms with E-state index in [2.05, 4.69) is 5.32 Å². The number of piperidine rings is 1. The molecule has 0 radical (unpaired) electrons. The number of nitrogens with zero attached hydrogens (tertiary/aromatic N) is 1. The second-order valence-electron chi connectivity index (χ2n) is 6.87. The number of hydrogen-bond acceptors (Lipinski definition) is 3. The molecule has 2 saturated heterocycles. The van der Waals surface area contributed by atoms with Crippen LogP contribution in [0.15, 0.2) is 0 Å². The standard InChI is InChI=1S/C13H24N2O3S/c1-13(2,3)12(16)14-9-7-10-5-6-11(8-9)15(10)19(4,17)18/h9-11H,5-8H2,1-4H3,(H,14,16)/t9?,10-,11+. The first-order chi connectivity index (χ1) is 8.59. The van der Waals surface area contributed by atoms with E-state index in [1.54, 1.807) is 4.31 Å². The van der Waals surface area contributed by atoms with E-state index in [0.717, 1.165) is 25.7 Å². The Morgan fingerprint density at radius 3 is 2.00 bits per heavy atom. The molecule has 2 heterocycles. The minimum atomic E-state index is -3.12. The summed E-state index contributed by atoms with van der Waals surface area (Å²) in [6.45, 7) is 5.67. The van der Waals surface area contributed by atoms with Gasteiger partial charge in [0.05, 0.1) is 6.26 Å². The number of rotatable bonds is 2. The number of hydrogen-bond donors (Lipinski definition) is 1. The van der Waals surface area contributed by atoms with Gasteiger partial charge in [-0.1, -0.05) is 20.8 Å². The normalized spacial score (nSPS) is 32.3. The molecule has 1 amide bonds. The number of fused-ring (bicyclic) bond motifs is 2. The summed E-state index contributed by atoms with van der Waals surface area (Å²) >= 11 is 0. The van der Waals surface area contributed by atoms with Crippen molar-refractivity contribution in [2.45, 2.75) is 64.6 Å². The Bertz CT molecular complexity index is 453. The predicted octanol–water partition coefficient (Wildman–Crippen LogP) is 1.10. The van der Waals surface area contributed by atoms with E-state index in [9.17, 15) is 13.2 Å². The molecule has 1 N–H and O–H groups in total. The average molecular weight is 288 g/mol. The van der Waals surface area contributed by atoms with Crippen LogP contribution < -0.4 is 5.32 Å². The van der Waals surface area contributed by atoms with Crippen molar-refractivity contribution < 1.29 is 13.2 Å². The van der Waals surface area contributed by atoms with Gasteiger partial charge in [-0.15, -0.1) is 0 Å². The quantitative estimate of drug-likeness (QED) is 0.827. The largest absolute Gasteiger partial charge is 0.353 e. The molecule has 2 aliphatic rings. The molecule has 0 aromatic carbocycles. The Morgan fingerprint density at radius 2 is 1.63 bits per heavy atom. The predicted molar refractivity (Wildman–Crippen MR) is 74.1 cm³/mol. The van der Waals surface area contributed by atoms with Crippen molar-refractivity contribution in [3.8, 4) is 0 Å². The molecule has 5 nitrogen and oxygen atoms in total. The van der Waals surface area contributed by atoms with Crippen LogP contribution in [-0.4, -0.2) is 43.0 Å². The molecule has 0 aliphatic carbocycles. The molecule has 0 aromatic heterocycles. The van der Waals surface area contributed by atoms with Crippen LogP contribution in [0.4, 0.5) is 0 Å². The highest BCUT2D eigenvalue weighted by Crippen LogP contribution is 2.37. The molecule has 0 aromatic rings. The van der Waals surface area contributed by atoms with E-state index in [-0.39, 0.29) is 24.0 Å². The lowest BCUT2D eigenvalue weighted by Gasteiger charge is -2.38. The van der Waals surface area contributed by atoms with E-state index in [4.69, 9.17) is 0 Å². The van der Waals surface area contributed by atoms with Crippen LogP contribution in [0, 0.1) is 5.41 Å². The van der Waals surface area contributed by atoms with Crippen LogP contribution in [0.2, 0.25) is 0 Å². The fraction of sp³-hybridized carbons (Fsp3) is 0.923. The molecular formula is C13H24N2O3S. The van der Waals surface area contributed by atoms with Gasteiger partial charge >= 0.3 is 0 Å². The number of amides is 1. The van der Waals surface area contributed by atoms with Gasteiger partial charge in [0, 0.05) is 23.5 Å². The summed E-state index contributed by atoms with van der Waals surface area (Å²) in [5.41, 5.74) is -0.396. The van der Waals surface area contributed by atoms with Crippen molar-refractivity contribution in [3.05, 3.63) is 0 Å². The molecule has 3 atom stereocenters. The molecule has 2 bridgehead atoms. The highest BCUT2D eigenvalue weighted by Gasteiger charge is 2.45. The van der Waals surface area contributed by atoms with Gasteiger partial charge in [0.1, 0.15) is 0 Å². The Labute approximate surface area is 115 Å². The summed E-state index contributed by atoms with van der Waals surface area (Å²) in [6.07, 6.45) is 4.60. The molecule has 1 unspecified atom stereocenters. The summed E-state index contributed by atoms with van der Waals surface area (Å²) in [6, 6.07) is 0.250. The van der Waals surface area contributed by atoms with Gasteiger partial charge in [0.15, 0.2) is 0 Å². The minimum Gasteiger partial charge on any atom is -0.353 e. The molecule has 110 valence electrons. The molecular weight excluding hydrogens is 264 g/mol. The van der Waals surface area contributed by atoms with Crippen molar-refractivity contribution in [2.24, 2.45) is 5.41 Å². The first kappa shape index (κ1) is 14.8. The van der Waals surface area contributed by atoms with E-state index in [1.807, 2.05) is 20.8 Å². The van der Waals surface area contributed by atoms with Crippen LogP contribution in [0.25, 0.3) is 0 Å². The molecule has 2 fully saturated rings. The molecule has 2 aliphatic heterocycles. The monoisotopic (exact) mass is 288 g/mol. The van der Waals surface area contributed by atoms with Crippen molar-refractivity contribution in [2.75, 3.05) is 6.26 Å². The third kappa shape index (κ3) is 3.11. The number of carbonyl (C=O) groups is 1. The second kappa shape index (κ2) is 4.74. The zero-order chi connectivity index (χ0) is 14.4. The van der Waals surface area contributed by atoms with E-state index in [1.165, 1.54) is 6.26 Å². The maximum Gasteiger partial charge on any atom is 0.225 e. The lowest BCUT2D eigenvalue weighted by molar-refractivity contribution is -0.129. The van der Waals surface area contributed by atoms with E-state index >= 15 is 0 Å². The van der Waals surface area contributed by atoms with Gasteiger partial charge < -0.3 is 5.32 Å². The zero-order valence-corrected chi connectivity index (χ0v) is 13.0. The van der Waals surface area contributed by atoms with Gasteiger partial charge in [-0.2, -0.15) is 4.31 Å². The summed E-state index contributed by atoms with van der Waals surface area (Å²) < 4.78 is 25.2. The molecule has 0 spiro atoms. The number of carbonyl (C=O) groups excluding carboxylic acids is 1. The maximum atomic E-state index is 12.0. The van der Waals surface area contributed by atoms with Crippen molar-refractivity contribution in [1.29, 1.82) is 0 Å². The third-order valence-electron chi connectivity index (χ3n) is 4.07. The van der Waals surface area contributed by atoms with Crippen LogP contribution >= 0.6 is 0 Å². The van der Waals surface area contributed by atoms with Crippen molar-refractivity contribution in [1.82, 2.24) is 9.62 Å². The van der Waals surface area contributed by atoms with E-state index in [0.29, 0.717) is 0 Å². The van der Waals surface area contributed by atoms with E-state index < -0.39 is 15.4 Å². The summed E-state index contributed by atoms with van der Waals surface area (Å²) in [5, 5.41) is 3.07. The first-order valence-electron chi connectivity index (χ1n) is 6.88. The molecule has 2 rings (SSSR count). The Balaban J connectivity index is 2.03. The summed E-state index contributed by atoms with van der Waals surface area (Å²) in [5.74, 6) is 0.0460. The van der Waals surface area contributed by atoms with Gasteiger partial charge in [-0.25, -0.2) is 8.42 Å². The Hall–Kier alpha value is -0.620. The highest BCUT2D eigenvalue weighted by molar-refractivity contribution is 7.88. The average Bonchev–Trinajstić information content (AvgIpc) is 2.50. The Morgan fingerprint density at radius 1 is 1.16 bits per heavy atom. The van der Waals surface area contributed by atoms with Crippen LogP contribution in [-0.2, 0) is 14.8 Å². The van der Waals surface area contributed by atoms with Crippen LogP contribution in [0.1, 0.15) is 46.5 Å². The highest BCUT2D eigenvalue weighted by atomic mass is 32.2. The van der Waals surface area contributed by atoms with Crippen LogP contribution in [0.5, 0.6) is 0 Å². The van der Waals surface area contributed by atoms with Gasteiger partial charge in [0.2, 0.25) is 15.9 Å². The topological polar surface area (TPSA) is 66.5 Å². The van der Waals surface area contributed by atoms with Gasteiger partial charge in [0.25, 0.3) is 0 Å². The fourth-order valence-corrected chi connectivity index (χ4v) is 4.66. The lowest BCUT2D eigenvalue weighted by Crippen LogP contribution is -2.53. The summed E-state index contributed by atoms with van der Waals surface area (Å²) in [4.78, 5) is 12.0. The SMILES string of the molecule is CC(C)(C)C(=O)NC1C[C@H]2CC[C@@H](C1)N2S(C)(=O)=O. The lowest BCUT2D eigenvalue weighted by atomic mass is 9.93. The van der Waals surface area contributed by atoms with Crippen molar-refractivity contribution in [3.63, 3.8) is 0 Å². The second-order valence-corrected chi connectivity index (χ2v) is 8.76. The van der Waals surface area contributed by atoms with Gasteiger partial charge in [-0.3, -0.25) is 4.79 Å². The van der Waals surface area contributed by atoms with Gasteiger partial charge in [-0.05, 0) is 25.7 Å². The fourth-order valence-electron chi connectivity index (χ4n) is 3.20. The summed E-state index contributed by atoms with van der Waals surface area (Å²) in [7, 11) is -3.12. The van der Waals surface area contributed by atoms with Crippen molar-refractivity contribution >= 4 is 15.9 Å². The maximum absolute atomic E-state index is 12.0. The van der Waals surface area contributed by atoms with Crippen LogP contribution in [0.3, 0.4) is 0 Å². The molecule has 6 heteroatoms. The number of nitrogens with one attached hydrogen (secondary N) is 1. The zero-order valence-electron chi connectivity index (χ0n) is 12.1. The first-order valence-corrected chi connectivity index (χ1v) is 8.73. The molecule has 0 saturated carbocycles. The Kier molecular flexibility index (Phi) is 3.68. The molecule has 19 heavy (non-hydrogen) atoms. The minimum absolute atomic E-state index is 0.0460. The number of sulfonamides is 1.